The van der Waals surface area contributed by atoms with Gasteiger partial charge in [0, 0.05) is 5.69 Å². The van der Waals surface area contributed by atoms with Gasteiger partial charge in [-0.25, -0.2) is 4.98 Å². The van der Waals surface area contributed by atoms with Crippen LogP contribution in [-0.2, 0) is 0 Å². The van der Waals surface area contributed by atoms with Gasteiger partial charge in [0.05, 0.1) is 18.3 Å². The summed E-state index contributed by atoms with van der Waals surface area (Å²) >= 11 is 7.37. The molecule has 0 unspecified atom stereocenters. The second-order valence-corrected chi connectivity index (χ2v) is 4.51. The fraction of sp³-hybridized carbons (Fsp3) is 0.100. The number of methoxy groups -OCH3 is 1. The van der Waals surface area contributed by atoms with Crippen LogP contribution >= 0.6 is 22.9 Å². The number of aromatic nitrogens is 1. The molecule has 0 aliphatic carbocycles. The number of anilines is 3. The van der Waals surface area contributed by atoms with Crippen molar-refractivity contribution in [3.8, 4) is 5.75 Å². The van der Waals surface area contributed by atoms with Crippen LogP contribution in [0.3, 0.4) is 0 Å². The molecule has 1 aromatic heterocycles. The SMILES string of the molecule is COc1ccc(Nc2ncc(N)s2)cc1Cl. The summed E-state index contributed by atoms with van der Waals surface area (Å²) in [4.78, 5) is 4.09. The van der Waals surface area contributed by atoms with Crippen LogP contribution in [0.25, 0.3) is 0 Å². The molecule has 2 aromatic rings. The smallest absolute Gasteiger partial charge is 0.189 e. The van der Waals surface area contributed by atoms with E-state index < -0.39 is 0 Å². The molecule has 16 heavy (non-hydrogen) atoms. The van der Waals surface area contributed by atoms with E-state index in [0.29, 0.717) is 15.8 Å². The lowest BCUT2D eigenvalue weighted by atomic mass is 10.3. The molecular formula is C10H10ClN3OS. The van der Waals surface area contributed by atoms with Crippen molar-refractivity contribution < 1.29 is 4.74 Å². The Hall–Kier alpha value is -1.46. The van der Waals surface area contributed by atoms with Crippen LogP contribution in [0.15, 0.2) is 24.4 Å². The average molecular weight is 256 g/mol. The Labute approximate surface area is 102 Å². The van der Waals surface area contributed by atoms with Crippen LogP contribution in [0.5, 0.6) is 5.75 Å². The second kappa shape index (κ2) is 4.59. The maximum atomic E-state index is 5.99. The number of thiazole rings is 1. The van der Waals surface area contributed by atoms with E-state index >= 15 is 0 Å². The third-order valence-electron chi connectivity index (χ3n) is 1.93. The maximum Gasteiger partial charge on any atom is 0.189 e. The highest BCUT2D eigenvalue weighted by atomic mass is 35.5. The van der Waals surface area contributed by atoms with Crippen LogP contribution < -0.4 is 15.8 Å². The first-order valence-electron chi connectivity index (χ1n) is 4.51. The van der Waals surface area contributed by atoms with Gasteiger partial charge in [-0.1, -0.05) is 22.9 Å². The number of nitrogen functional groups attached to an aromatic ring is 1. The van der Waals surface area contributed by atoms with Gasteiger partial charge in [-0.3, -0.25) is 0 Å². The van der Waals surface area contributed by atoms with Gasteiger partial charge in [-0.05, 0) is 18.2 Å². The van der Waals surface area contributed by atoms with Crippen LogP contribution in [-0.4, -0.2) is 12.1 Å². The molecule has 0 aliphatic rings. The van der Waals surface area contributed by atoms with Gasteiger partial charge >= 0.3 is 0 Å². The molecule has 4 nitrogen and oxygen atoms in total. The van der Waals surface area contributed by atoms with Crippen molar-refractivity contribution in [1.29, 1.82) is 0 Å². The molecule has 1 aromatic carbocycles. The molecular weight excluding hydrogens is 246 g/mol. The zero-order valence-electron chi connectivity index (χ0n) is 8.53. The Morgan fingerprint density at radius 2 is 2.31 bits per heavy atom. The average Bonchev–Trinajstić information content (AvgIpc) is 2.64. The fourth-order valence-electron chi connectivity index (χ4n) is 1.21. The molecule has 0 saturated carbocycles. The van der Waals surface area contributed by atoms with E-state index in [2.05, 4.69) is 10.3 Å². The van der Waals surface area contributed by atoms with Crippen molar-refractivity contribution in [3.63, 3.8) is 0 Å². The molecule has 1 heterocycles. The predicted octanol–water partition coefficient (Wildman–Crippen LogP) is 3.13. The van der Waals surface area contributed by atoms with Gasteiger partial charge in [0.25, 0.3) is 0 Å². The number of hydrogen-bond donors (Lipinski definition) is 2. The predicted molar refractivity (Wildman–Crippen MR) is 67.8 cm³/mol. The van der Waals surface area contributed by atoms with Gasteiger partial charge in [0.1, 0.15) is 10.8 Å². The first kappa shape index (κ1) is 11.0. The molecule has 0 fully saturated rings. The van der Waals surface area contributed by atoms with E-state index in [9.17, 15) is 0 Å². The van der Waals surface area contributed by atoms with Gasteiger partial charge in [0.15, 0.2) is 5.13 Å². The molecule has 0 spiro atoms. The Balaban J connectivity index is 2.19. The third-order valence-corrected chi connectivity index (χ3v) is 2.96. The normalized spacial score (nSPS) is 10.1. The molecule has 3 N–H and O–H groups in total. The zero-order chi connectivity index (χ0) is 11.5. The highest BCUT2D eigenvalue weighted by molar-refractivity contribution is 7.19. The van der Waals surface area contributed by atoms with Crippen LogP contribution in [0.4, 0.5) is 15.8 Å². The minimum Gasteiger partial charge on any atom is -0.495 e. The second-order valence-electron chi connectivity index (χ2n) is 3.04. The van der Waals surface area contributed by atoms with Crippen LogP contribution in [0, 0.1) is 0 Å². The Kier molecular flexibility index (Phi) is 3.17. The van der Waals surface area contributed by atoms with Crippen molar-refractivity contribution in [2.45, 2.75) is 0 Å². The number of halogens is 1. The number of nitrogens with one attached hydrogen (secondary N) is 1. The Morgan fingerprint density at radius 1 is 1.50 bits per heavy atom. The third kappa shape index (κ3) is 2.37. The quantitative estimate of drug-likeness (QED) is 0.885. The van der Waals surface area contributed by atoms with Crippen molar-refractivity contribution in [2.24, 2.45) is 0 Å². The van der Waals surface area contributed by atoms with Crippen molar-refractivity contribution in [2.75, 3.05) is 18.2 Å². The minimum absolute atomic E-state index is 0.553. The summed E-state index contributed by atoms with van der Waals surface area (Å²) in [5.74, 6) is 0.644. The molecule has 0 saturated heterocycles. The van der Waals surface area contributed by atoms with E-state index in [4.69, 9.17) is 22.1 Å². The number of rotatable bonds is 3. The number of hydrogen-bond acceptors (Lipinski definition) is 5. The molecule has 84 valence electrons. The fourth-order valence-corrected chi connectivity index (χ4v) is 2.07. The summed E-state index contributed by atoms with van der Waals surface area (Å²) in [6.07, 6.45) is 1.61. The summed E-state index contributed by atoms with van der Waals surface area (Å²) < 4.78 is 5.06. The number of ether oxygens (including phenoxy) is 1. The Bertz CT molecular complexity index is 501. The summed E-state index contributed by atoms with van der Waals surface area (Å²) in [7, 11) is 1.58. The van der Waals surface area contributed by atoms with Gasteiger partial charge in [-0.15, -0.1) is 0 Å². The van der Waals surface area contributed by atoms with Gasteiger partial charge in [-0.2, -0.15) is 0 Å². The first-order chi connectivity index (χ1) is 7.69. The number of benzene rings is 1. The maximum absolute atomic E-state index is 5.99. The molecule has 0 bridgehead atoms. The van der Waals surface area contributed by atoms with Crippen molar-refractivity contribution in [1.82, 2.24) is 4.98 Å². The molecule has 0 radical (unpaired) electrons. The molecule has 0 atom stereocenters. The zero-order valence-corrected chi connectivity index (χ0v) is 10.1. The monoisotopic (exact) mass is 255 g/mol. The summed E-state index contributed by atoms with van der Waals surface area (Å²) in [5, 5.41) is 5.06. The van der Waals surface area contributed by atoms with E-state index in [0.717, 1.165) is 10.8 Å². The lowest BCUT2D eigenvalue weighted by molar-refractivity contribution is 0.415. The van der Waals surface area contributed by atoms with Gasteiger partial charge < -0.3 is 15.8 Å². The van der Waals surface area contributed by atoms with Crippen molar-refractivity contribution >= 4 is 38.8 Å². The highest BCUT2D eigenvalue weighted by Gasteiger charge is 2.03. The lowest BCUT2D eigenvalue weighted by Crippen LogP contribution is -1.90. The van der Waals surface area contributed by atoms with E-state index in [-0.39, 0.29) is 0 Å². The largest absolute Gasteiger partial charge is 0.495 e. The van der Waals surface area contributed by atoms with Crippen LogP contribution in [0.1, 0.15) is 0 Å². The molecule has 2 rings (SSSR count). The topological polar surface area (TPSA) is 60.2 Å². The molecule has 0 aliphatic heterocycles. The first-order valence-corrected chi connectivity index (χ1v) is 5.70. The summed E-state index contributed by atoms with van der Waals surface area (Å²) in [5.41, 5.74) is 6.43. The highest BCUT2D eigenvalue weighted by Crippen LogP contribution is 2.30. The number of nitrogens with two attached hydrogens (primary N) is 1. The summed E-state index contributed by atoms with van der Waals surface area (Å²) in [6, 6.07) is 5.43. The van der Waals surface area contributed by atoms with Crippen molar-refractivity contribution in [3.05, 3.63) is 29.4 Å². The minimum atomic E-state index is 0.553. The Morgan fingerprint density at radius 3 is 2.88 bits per heavy atom. The van der Waals surface area contributed by atoms with E-state index in [1.54, 1.807) is 25.4 Å². The molecule has 0 amide bonds. The van der Waals surface area contributed by atoms with E-state index in [1.807, 2.05) is 6.07 Å². The van der Waals surface area contributed by atoms with Gasteiger partial charge in [0.2, 0.25) is 0 Å². The van der Waals surface area contributed by atoms with E-state index in [1.165, 1.54) is 11.3 Å². The summed E-state index contributed by atoms with van der Waals surface area (Å²) in [6.45, 7) is 0. The lowest BCUT2D eigenvalue weighted by Gasteiger charge is -2.06. The number of nitrogens with zero attached hydrogens (tertiary/aromatic N) is 1. The standard InChI is InChI=1S/C10H10ClN3OS/c1-15-8-3-2-6(4-7(8)11)14-10-13-5-9(12)16-10/h2-5H,12H2,1H3,(H,13,14). The van der Waals surface area contributed by atoms with Crippen LogP contribution in [0.2, 0.25) is 5.02 Å². The molecule has 6 heteroatoms.